The Bertz CT molecular complexity index is 1500. The van der Waals surface area contributed by atoms with Gasteiger partial charge in [-0.25, -0.2) is 4.79 Å². The summed E-state index contributed by atoms with van der Waals surface area (Å²) >= 11 is 0. The van der Waals surface area contributed by atoms with Gasteiger partial charge in [0.1, 0.15) is 12.5 Å². The van der Waals surface area contributed by atoms with E-state index < -0.39 is 23.7 Å². The standard InChI is InChI=1S/C33H38N2O6.C2HF3O2/c1-39-28-16-9-15-27(30(28)40-2)31(36)34-19-10-20-35-21-17-24(18-22-35)29(23-35)41-32(37)33(38,25-11-5-3-6-12-25)26-13-7-4-8-14-26;3-2(4,5)1(6)7/h3-9,11-16,24,29,38H,10,17-23H2,1-2H3;(H,6,7)/t24?,29-,35?;/m0./s1. The van der Waals surface area contributed by atoms with Crippen LogP contribution in [0.5, 0.6) is 11.5 Å². The number of carboxylic acid groups (broad SMARTS) is 1. The summed E-state index contributed by atoms with van der Waals surface area (Å²) in [4.78, 5) is 35.4. The second kappa shape index (κ2) is 15.5. The second-order valence-electron chi connectivity index (χ2n) is 11.9. The van der Waals surface area contributed by atoms with Crippen LogP contribution in [0.15, 0.2) is 78.9 Å². The van der Waals surface area contributed by atoms with Gasteiger partial charge in [0.2, 0.25) is 5.60 Å². The third-order valence-electron chi connectivity index (χ3n) is 8.95. The van der Waals surface area contributed by atoms with Gasteiger partial charge in [-0.2, -0.15) is 13.2 Å². The number of nitrogens with one attached hydrogen (secondary N) is 1. The quantitative estimate of drug-likeness (QED) is 0.180. The number of hydrogen-bond acceptors (Lipinski definition) is 8. The molecular weight excluding hydrogens is 633 g/mol. The number of hydrogen-bond donors (Lipinski definition) is 2. The van der Waals surface area contributed by atoms with Gasteiger partial charge in [-0.15, -0.1) is 0 Å². The van der Waals surface area contributed by atoms with Crippen LogP contribution >= 0.6 is 0 Å². The number of halogens is 3. The van der Waals surface area contributed by atoms with Crippen LogP contribution in [0.2, 0.25) is 0 Å². The molecule has 258 valence electrons. The predicted molar refractivity (Wildman–Crippen MR) is 166 cm³/mol. The van der Waals surface area contributed by atoms with Crippen LogP contribution in [0.25, 0.3) is 0 Å². The summed E-state index contributed by atoms with van der Waals surface area (Å²) in [6, 6.07) is 23.3. The minimum Gasteiger partial charge on any atom is -0.542 e. The molecule has 2 bridgehead atoms. The Balaban J connectivity index is 0.000000671. The highest BCUT2D eigenvalue weighted by atomic mass is 19.4. The van der Waals surface area contributed by atoms with E-state index in [-0.39, 0.29) is 17.9 Å². The van der Waals surface area contributed by atoms with Gasteiger partial charge >= 0.3 is 12.1 Å². The van der Waals surface area contributed by atoms with Crippen LogP contribution in [-0.2, 0) is 19.9 Å². The van der Waals surface area contributed by atoms with E-state index in [4.69, 9.17) is 24.1 Å². The third-order valence-corrected chi connectivity index (χ3v) is 8.95. The number of ether oxygens (including phenoxy) is 3. The van der Waals surface area contributed by atoms with Gasteiger partial charge in [0.15, 0.2) is 17.6 Å². The summed E-state index contributed by atoms with van der Waals surface area (Å²) < 4.78 is 49.3. The molecule has 1 atom stereocenters. The lowest BCUT2D eigenvalue weighted by molar-refractivity contribution is -0.946. The SMILES string of the molecule is COc1cccc(C(=O)NCCC[N+]23CCC(CC2)[C@@H](OC(=O)C(O)(c2ccccc2)c2ccccc2)C3)c1OC.O=C([O-])C(F)(F)F. The number of rotatable bonds is 11. The highest BCUT2D eigenvalue weighted by Gasteiger charge is 2.50. The number of nitrogens with zero attached hydrogens (tertiary/aromatic N) is 1. The number of aliphatic carboxylic acids is 1. The molecule has 0 saturated carbocycles. The average Bonchev–Trinajstić information content (AvgIpc) is 3.10. The van der Waals surface area contributed by atoms with Crippen molar-refractivity contribution in [1.82, 2.24) is 5.32 Å². The molecule has 3 aliphatic heterocycles. The summed E-state index contributed by atoms with van der Waals surface area (Å²) in [6.07, 6.45) is -2.72. The Kier molecular flexibility index (Phi) is 11.7. The first-order valence-electron chi connectivity index (χ1n) is 15.5. The van der Waals surface area contributed by atoms with Crippen LogP contribution in [0.1, 0.15) is 40.7 Å². The van der Waals surface area contributed by atoms with Crippen molar-refractivity contribution >= 4 is 17.8 Å². The molecule has 3 aliphatic rings. The lowest BCUT2D eigenvalue weighted by Gasteiger charge is -2.52. The average molecular weight is 673 g/mol. The Labute approximate surface area is 276 Å². The van der Waals surface area contributed by atoms with Crippen molar-refractivity contribution in [3.63, 3.8) is 0 Å². The molecule has 0 radical (unpaired) electrons. The van der Waals surface area contributed by atoms with E-state index in [1.165, 1.54) is 7.11 Å². The zero-order valence-electron chi connectivity index (χ0n) is 26.7. The number of alkyl halides is 3. The molecule has 2 N–H and O–H groups in total. The number of para-hydroxylation sites is 1. The fraction of sp³-hybridized carbons (Fsp3) is 0.400. The summed E-state index contributed by atoms with van der Waals surface area (Å²) in [5.41, 5.74) is -0.464. The summed E-state index contributed by atoms with van der Waals surface area (Å²) in [5, 5.41) is 23.6. The number of carbonyl (C=O) groups excluding carboxylic acids is 3. The van der Waals surface area contributed by atoms with E-state index in [0.29, 0.717) is 41.3 Å². The molecule has 3 aromatic rings. The molecule has 3 heterocycles. The molecule has 3 aromatic carbocycles. The van der Waals surface area contributed by atoms with E-state index in [1.807, 2.05) is 36.4 Å². The molecule has 3 fully saturated rings. The highest BCUT2D eigenvalue weighted by Crippen LogP contribution is 2.38. The molecule has 3 saturated heterocycles. The van der Waals surface area contributed by atoms with Crippen molar-refractivity contribution in [3.05, 3.63) is 95.6 Å². The Morgan fingerprint density at radius 2 is 1.46 bits per heavy atom. The number of quaternary nitrogens is 1. The Morgan fingerprint density at radius 3 is 1.96 bits per heavy atom. The lowest BCUT2D eigenvalue weighted by Crippen LogP contribution is -2.65. The van der Waals surface area contributed by atoms with E-state index in [1.54, 1.807) is 49.6 Å². The van der Waals surface area contributed by atoms with Gasteiger partial charge < -0.3 is 39.0 Å². The van der Waals surface area contributed by atoms with Gasteiger partial charge in [0.05, 0.1) is 39.4 Å². The zero-order chi connectivity index (χ0) is 35.0. The fourth-order valence-corrected chi connectivity index (χ4v) is 6.43. The number of methoxy groups -OCH3 is 2. The predicted octanol–water partition coefficient (Wildman–Crippen LogP) is 3.21. The van der Waals surface area contributed by atoms with Crippen molar-refractivity contribution in [3.8, 4) is 11.5 Å². The monoisotopic (exact) mass is 672 g/mol. The van der Waals surface area contributed by atoms with Crippen molar-refractivity contribution in [2.45, 2.75) is 37.1 Å². The summed E-state index contributed by atoms with van der Waals surface area (Å²) in [7, 11) is 3.07. The van der Waals surface area contributed by atoms with Gasteiger partial charge in [-0.1, -0.05) is 66.7 Å². The van der Waals surface area contributed by atoms with Gasteiger partial charge in [-0.05, 0) is 23.3 Å². The van der Waals surface area contributed by atoms with Gasteiger partial charge in [-0.3, -0.25) is 4.79 Å². The Hall–Kier alpha value is -4.62. The molecule has 0 spiro atoms. The van der Waals surface area contributed by atoms with Crippen molar-refractivity contribution in [2.75, 3.05) is 46.9 Å². The van der Waals surface area contributed by atoms with Crippen molar-refractivity contribution in [2.24, 2.45) is 5.92 Å². The second-order valence-corrected chi connectivity index (χ2v) is 11.9. The largest absolute Gasteiger partial charge is 0.542 e. The molecular formula is C35H39F3N2O8. The van der Waals surface area contributed by atoms with Crippen LogP contribution in [0, 0.1) is 5.92 Å². The number of piperidine rings is 3. The fourth-order valence-electron chi connectivity index (χ4n) is 6.43. The number of aliphatic hydroxyl groups is 1. The molecule has 48 heavy (non-hydrogen) atoms. The maximum atomic E-state index is 13.7. The number of carbonyl (C=O) groups is 3. The molecule has 1 amide bonds. The number of amides is 1. The van der Waals surface area contributed by atoms with E-state index >= 15 is 0 Å². The highest BCUT2D eigenvalue weighted by molar-refractivity contribution is 5.97. The van der Waals surface area contributed by atoms with Gasteiger partial charge in [0, 0.05) is 31.7 Å². The van der Waals surface area contributed by atoms with Crippen LogP contribution in [0.3, 0.4) is 0 Å². The maximum Gasteiger partial charge on any atom is 0.430 e. The van der Waals surface area contributed by atoms with Gasteiger partial charge in [0.25, 0.3) is 5.91 Å². The number of fused-ring (bicyclic) bond motifs is 3. The summed E-state index contributed by atoms with van der Waals surface area (Å²) in [6.45, 7) is 4.16. The topological polar surface area (TPSA) is 134 Å². The normalized spacial score (nSPS) is 20.1. The molecule has 0 unspecified atom stereocenters. The number of carboxylic acids is 1. The van der Waals surface area contributed by atoms with Crippen LogP contribution < -0.4 is 19.9 Å². The lowest BCUT2D eigenvalue weighted by atomic mass is 9.82. The van der Waals surface area contributed by atoms with E-state index in [9.17, 15) is 27.9 Å². The van der Waals surface area contributed by atoms with E-state index in [2.05, 4.69) is 5.32 Å². The zero-order valence-corrected chi connectivity index (χ0v) is 26.7. The number of benzene rings is 3. The van der Waals surface area contributed by atoms with Crippen LogP contribution in [-0.4, -0.2) is 86.7 Å². The van der Waals surface area contributed by atoms with E-state index in [0.717, 1.165) is 43.4 Å². The van der Waals surface area contributed by atoms with Crippen LogP contribution in [0.4, 0.5) is 13.2 Å². The first kappa shape index (κ1) is 36.2. The third kappa shape index (κ3) is 8.26. The summed E-state index contributed by atoms with van der Waals surface area (Å²) in [5.74, 6) is -2.62. The minimum absolute atomic E-state index is 0.203. The first-order valence-corrected chi connectivity index (χ1v) is 15.5. The van der Waals surface area contributed by atoms with Crippen molar-refractivity contribution < 1.29 is 56.5 Å². The molecule has 13 heteroatoms. The minimum atomic E-state index is -5.19. The molecule has 10 nitrogen and oxygen atoms in total. The molecule has 6 rings (SSSR count). The Morgan fingerprint density at radius 1 is 0.896 bits per heavy atom. The maximum absolute atomic E-state index is 13.7. The first-order chi connectivity index (χ1) is 22.8. The molecule has 0 aliphatic carbocycles. The molecule has 0 aromatic heterocycles. The smallest absolute Gasteiger partial charge is 0.430 e. The number of esters is 1. The van der Waals surface area contributed by atoms with Crippen molar-refractivity contribution in [1.29, 1.82) is 0 Å².